The number of rotatable bonds is 4. The van der Waals surface area contributed by atoms with Crippen LogP contribution in [0.5, 0.6) is 17.2 Å². The van der Waals surface area contributed by atoms with Gasteiger partial charge in [0.1, 0.15) is 5.75 Å². The smallest absolute Gasteiger partial charge is 0.161 e. The van der Waals surface area contributed by atoms with E-state index in [1.165, 1.54) is 34.7 Å². The van der Waals surface area contributed by atoms with Crippen molar-refractivity contribution in [2.75, 3.05) is 35.0 Å². The molecule has 0 saturated carbocycles. The Morgan fingerprint density at radius 1 is 0.828 bits per heavy atom. The Morgan fingerprint density at radius 2 is 1.55 bits per heavy atom. The molecule has 5 nitrogen and oxygen atoms in total. The third-order valence-electron chi connectivity index (χ3n) is 6.64. The van der Waals surface area contributed by atoms with E-state index in [2.05, 4.69) is 29.2 Å². The minimum Gasteiger partial charge on any atom is -0.497 e. The van der Waals surface area contributed by atoms with Crippen molar-refractivity contribution in [3.05, 3.63) is 41.5 Å². The van der Waals surface area contributed by atoms with Crippen molar-refractivity contribution >= 4 is 21.5 Å². The lowest BCUT2D eigenvalue weighted by molar-refractivity contribution is 0.0164. The molecule has 0 unspecified atom stereocenters. The highest BCUT2D eigenvalue weighted by atomic mass is 16.5. The summed E-state index contributed by atoms with van der Waals surface area (Å²) in [5, 5.41) is 4.75. The highest BCUT2D eigenvalue weighted by Gasteiger charge is 2.40. The second-order valence-corrected chi connectivity index (χ2v) is 7.89. The van der Waals surface area contributed by atoms with Crippen molar-refractivity contribution in [1.82, 2.24) is 4.90 Å². The largest absolute Gasteiger partial charge is 0.497 e. The third kappa shape index (κ3) is 2.68. The lowest BCUT2D eigenvalue weighted by Gasteiger charge is -2.39. The van der Waals surface area contributed by atoms with Gasteiger partial charge in [-0.15, -0.1) is 0 Å². The van der Waals surface area contributed by atoms with E-state index in [4.69, 9.17) is 18.9 Å². The van der Waals surface area contributed by atoms with Crippen molar-refractivity contribution in [2.45, 2.75) is 31.5 Å². The van der Waals surface area contributed by atoms with Crippen LogP contribution in [0.1, 0.15) is 30.1 Å². The van der Waals surface area contributed by atoms with E-state index in [9.17, 15) is 0 Å². The predicted octanol–water partition coefficient (Wildman–Crippen LogP) is 4.68. The van der Waals surface area contributed by atoms with Crippen LogP contribution in [0, 0.1) is 0 Å². The van der Waals surface area contributed by atoms with Gasteiger partial charge in [-0.2, -0.15) is 0 Å². The molecule has 2 aliphatic heterocycles. The van der Waals surface area contributed by atoms with Gasteiger partial charge in [0.25, 0.3) is 0 Å². The molecule has 1 fully saturated rings. The van der Waals surface area contributed by atoms with Crippen molar-refractivity contribution < 1.29 is 18.9 Å². The Morgan fingerprint density at radius 3 is 2.24 bits per heavy atom. The summed E-state index contributed by atoms with van der Waals surface area (Å²) >= 11 is 0. The second kappa shape index (κ2) is 7.08. The van der Waals surface area contributed by atoms with Crippen LogP contribution in [-0.4, -0.2) is 45.9 Å². The monoisotopic (exact) mass is 393 g/mol. The summed E-state index contributed by atoms with van der Waals surface area (Å²) in [5.41, 5.74) is 2.65. The summed E-state index contributed by atoms with van der Waals surface area (Å²) in [5.74, 6) is 2.34. The molecule has 2 atom stereocenters. The van der Waals surface area contributed by atoms with Crippen LogP contribution < -0.4 is 14.2 Å². The maximum atomic E-state index is 6.12. The maximum absolute atomic E-state index is 6.12. The first-order valence-electron chi connectivity index (χ1n) is 10.1. The Balaban J connectivity index is 1.92. The Kier molecular flexibility index (Phi) is 4.52. The number of methoxy groups -OCH3 is 4. The van der Waals surface area contributed by atoms with Crippen LogP contribution >= 0.6 is 0 Å². The van der Waals surface area contributed by atoms with Crippen molar-refractivity contribution in [3.8, 4) is 17.2 Å². The highest BCUT2D eigenvalue weighted by Crippen LogP contribution is 2.48. The van der Waals surface area contributed by atoms with Crippen molar-refractivity contribution in [1.29, 1.82) is 0 Å². The quantitative estimate of drug-likeness (QED) is 0.602. The standard InChI is InChI=1S/C24H27NO4/c1-26-14-7-8-15-16(10-14)17-11-21(27-2)22(28-3)12-18(17)19-13-25-9-5-6-20(25)24(29-4)23(15)19/h7-8,10-12,20,24H,5-6,9,13H2,1-4H3/t20-,24+/m0/s1. The number of hydrogen-bond donors (Lipinski definition) is 0. The van der Waals surface area contributed by atoms with E-state index >= 15 is 0 Å². The number of fused-ring (bicyclic) bond motifs is 7. The number of nitrogens with zero attached hydrogens (tertiary/aromatic N) is 1. The molecular weight excluding hydrogens is 366 g/mol. The summed E-state index contributed by atoms with van der Waals surface area (Å²) in [6, 6.07) is 11.0. The van der Waals surface area contributed by atoms with Gasteiger partial charge in [0.05, 0.1) is 27.4 Å². The molecular formula is C24H27NO4. The normalized spacial score (nSPS) is 21.2. The average Bonchev–Trinajstić information content (AvgIpc) is 3.24. The first kappa shape index (κ1) is 18.5. The van der Waals surface area contributed by atoms with Gasteiger partial charge in [0, 0.05) is 19.7 Å². The SMILES string of the molecule is COc1ccc2c3c(c4cc(OC)c(OC)cc4c2c1)CN1CCC[C@H]1[C@H]3OC. The number of benzene rings is 3. The molecule has 0 aromatic heterocycles. The van der Waals surface area contributed by atoms with Gasteiger partial charge in [-0.25, -0.2) is 0 Å². The fraction of sp³-hybridized carbons (Fsp3) is 0.417. The molecule has 0 aliphatic carbocycles. The Labute approximate surface area is 171 Å². The van der Waals surface area contributed by atoms with E-state index in [1.54, 1.807) is 21.3 Å². The summed E-state index contributed by atoms with van der Waals surface area (Å²) in [4.78, 5) is 2.57. The van der Waals surface area contributed by atoms with E-state index in [-0.39, 0.29) is 6.10 Å². The van der Waals surface area contributed by atoms with Crippen LogP contribution in [0.3, 0.4) is 0 Å². The molecule has 2 aliphatic rings. The molecule has 5 rings (SSSR count). The Hall–Kier alpha value is -2.50. The summed E-state index contributed by atoms with van der Waals surface area (Å²) in [6.07, 6.45) is 2.47. The molecule has 0 radical (unpaired) electrons. The summed E-state index contributed by atoms with van der Waals surface area (Å²) in [7, 11) is 6.92. The van der Waals surface area contributed by atoms with Gasteiger partial charge < -0.3 is 18.9 Å². The molecule has 0 amide bonds. The number of hydrogen-bond acceptors (Lipinski definition) is 5. The minimum atomic E-state index is 0.0645. The molecule has 0 N–H and O–H groups in total. The third-order valence-corrected chi connectivity index (χ3v) is 6.64. The van der Waals surface area contributed by atoms with E-state index in [0.717, 1.165) is 41.1 Å². The molecule has 0 spiro atoms. The van der Waals surface area contributed by atoms with Gasteiger partial charge in [-0.3, -0.25) is 4.90 Å². The van der Waals surface area contributed by atoms with Gasteiger partial charge in [-0.05, 0) is 76.3 Å². The zero-order chi connectivity index (χ0) is 20.1. The number of ether oxygens (including phenoxy) is 4. The second-order valence-electron chi connectivity index (χ2n) is 7.89. The van der Waals surface area contributed by atoms with Crippen molar-refractivity contribution in [3.63, 3.8) is 0 Å². The molecule has 29 heavy (non-hydrogen) atoms. The Bertz CT molecular complexity index is 1090. The summed E-state index contributed by atoms with van der Waals surface area (Å²) < 4.78 is 22.9. The first-order valence-corrected chi connectivity index (χ1v) is 10.1. The fourth-order valence-corrected chi connectivity index (χ4v) is 5.32. The molecule has 2 heterocycles. The van der Waals surface area contributed by atoms with Crippen LogP contribution in [0.4, 0.5) is 0 Å². The first-order chi connectivity index (χ1) is 14.2. The van der Waals surface area contributed by atoms with Crippen LogP contribution in [-0.2, 0) is 11.3 Å². The topological polar surface area (TPSA) is 40.2 Å². The molecule has 5 heteroatoms. The molecule has 3 aromatic rings. The lowest BCUT2D eigenvalue weighted by Crippen LogP contribution is -2.39. The van der Waals surface area contributed by atoms with Gasteiger partial charge in [0.2, 0.25) is 0 Å². The maximum Gasteiger partial charge on any atom is 0.161 e. The van der Waals surface area contributed by atoms with E-state index in [0.29, 0.717) is 6.04 Å². The van der Waals surface area contributed by atoms with Gasteiger partial charge in [-0.1, -0.05) is 6.07 Å². The summed E-state index contributed by atoms with van der Waals surface area (Å²) in [6.45, 7) is 2.06. The molecule has 152 valence electrons. The minimum absolute atomic E-state index is 0.0645. The predicted molar refractivity (Wildman–Crippen MR) is 114 cm³/mol. The molecule has 3 aromatic carbocycles. The molecule has 0 bridgehead atoms. The highest BCUT2D eigenvalue weighted by molar-refractivity contribution is 6.12. The zero-order valence-corrected chi connectivity index (χ0v) is 17.5. The van der Waals surface area contributed by atoms with E-state index in [1.807, 2.05) is 13.2 Å². The lowest BCUT2D eigenvalue weighted by atomic mass is 9.83. The van der Waals surface area contributed by atoms with Crippen LogP contribution in [0.25, 0.3) is 21.5 Å². The molecule has 1 saturated heterocycles. The average molecular weight is 393 g/mol. The van der Waals surface area contributed by atoms with Gasteiger partial charge in [0.15, 0.2) is 11.5 Å². The van der Waals surface area contributed by atoms with Crippen LogP contribution in [0.2, 0.25) is 0 Å². The van der Waals surface area contributed by atoms with E-state index < -0.39 is 0 Å². The van der Waals surface area contributed by atoms with Gasteiger partial charge >= 0.3 is 0 Å². The van der Waals surface area contributed by atoms with Crippen LogP contribution in [0.15, 0.2) is 30.3 Å². The fourth-order valence-electron chi connectivity index (χ4n) is 5.32. The van der Waals surface area contributed by atoms with Crippen molar-refractivity contribution in [2.24, 2.45) is 0 Å². The zero-order valence-electron chi connectivity index (χ0n) is 17.5.